The molecule has 3 aromatic rings. The molecule has 0 atom stereocenters. The molecule has 0 saturated heterocycles. The van der Waals surface area contributed by atoms with E-state index in [1.807, 2.05) is 23.0 Å². The standard InChI is InChI=1S/C14H17N5O2/c1-20-13-5-11-12(6-14(13)21-2)18(9-16-11)3-4-19-8-10(15)7-17-19/h5-9H,3-4,15H2,1-2H3. The summed E-state index contributed by atoms with van der Waals surface area (Å²) in [5.74, 6) is 1.37. The minimum Gasteiger partial charge on any atom is -0.493 e. The average Bonchev–Trinajstić information content (AvgIpc) is 3.09. The van der Waals surface area contributed by atoms with Crippen molar-refractivity contribution in [3.05, 3.63) is 30.9 Å². The van der Waals surface area contributed by atoms with Crippen LogP contribution in [-0.4, -0.2) is 33.6 Å². The summed E-state index contributed by atoms with van der Waals surface area (Å²) in [6, 6.07) is 3.80. The van der Waals surface area contributed by atoms with Gasteiger partial charge in [-0.1, -0.05) is 0 Å². The fraction of sp³-hybridized carbons (Fsp3) is 0.286. The molecule has 0 aliphatic rings. The Kier molecular flexibility index (Phi) is 3.39. The SMILES string of the molecule is COc1cc2ncn(CCn3cc(N)cn3)c2cc1OC. The lowest BCUT2D eigenvalue weighted by molar-refractivity contribution is 0.355. The van der Waals surface area contributed by atoms with E-state index in [1.54, 1.807) is 26.7 Å². The average molecular weight is 287 g/mol. The molecule has 3 rings (SSSR count). The van der Waals surface area contributed by atoms with E-state index in [1.165, 1.54) is 0 Å². The summed E-state index contributed by atoms with van der Waals surface area (Å²) in [6.45, 7) is 1.46. The number of aromatic nitrogens is 4. The summed E-state index contributed by atoms with van der Waals surface area (Å²) in [7, 11) is 3.24. The van der Waals surface area contributed by atoms with Gasteiger partial charge in [0.15, 0.2) is 11.5 Å². The zero-order valence-electron chi connectivity index (χ0n) is 12.0. The lowest BCUT2D eigenvalue weighted by atomic mass is 10.2. The smallest absolute Gasteiger partial charge is 0.163 e. The summed E-state index contributed by atoms with van der Waals surface area (Å²) in [6.07, 6.45) is 5.25. The molecule has 0 spiro atoms. The molecule has 0 unspecified atom stereocenters. The first-order chi connectivity index (χ1) is 10.2. The summed E-state index contributed by atoms with van der Waals surface area (Å²) in [4.78, 5) is 4.39. The number of nitrogen functional groups attached to an aromatic ring is 1. The van der Waals surface area contributed by atoms with Gasteiger partial charge in [-0.15, -0.1) is 0 Å². The Morgan fingerprint density at radius 3 is 2.57 bits per heavy atom. The number of rotatable bonds is 5. The molecule has 0 amide bonds. The van der Waals surface area contributed by atoms with Crippen LogP contribution in [0.3, 0.4) is 0 Å². The van der Waals surface area contributed by atoms with E-state index < -0.39 is 0 Å². The number of imidazole rings is 1. The van der Waals surface area contributed by atoms with Gasteiger partial charge in [0.05, 0.1) is 50.0 Å². The number of ether oxygens (including phenoxy) is 2. The van der Waals surface area contributed by atoms with Crippen molar-refractivity contribution in [2.45, 2.75) is 13.1 Å². The molecular formula is C14H17N5O2. The van der Waals surface area contributed by atoms with Gasteiger partial charge in [-0.05, 0) is 0 Å². The molecule has 2 heterocycles. The van der Waals surface area contributed by atoms with E-state index in [2.05, 4.69) is 14.6 Å². The van der Waals surface area contributed by atoms with E-state index in [4.69, 9.17) is 15.2 Å². The predicted molar refractivity (Wildman–Crippen MR) is 79.5 cm³/mol. The highest BCUT2D eigenvalue weighted by Crippen LogP contribution is 2.31. The van der Waals surface area contributed by atoms with Crippen LogP contribution in [0.15, 0.2) is 30.9 Å². The van der Waals surface area contributed by atoms with Crippen molar-refractivity contribution in [2.24, 2.45) is 0 Å². The third-order valence-electron chi connectivity index (χ3n) is 3.35. The molecule has 2 aromatic heterocycles. The van der Waals surface area contributed by atoms with E-state index in [0.717, 1.165) is 24.1 Å². The molecular weight excluding hydrogens is 270 g/mol. The van der Waals surface area contributed by atoms with Crippen LogP contribution < -0.4 is 15.2 Å². The molecule has 110 valence electrons. The topological polar surface area (TPSA) is 80.1 Å². The third-order valence-corrected chi connectivity index (χ3v) is 3.35. The first-order valence-corrected chi connectivity index (χ1v) is 6.56. The first-order valence-electron chi connectivity index (χ1n) is 6.56. The Morgan fingerprint density at radius 1 is 1.14 bits per heavy atom. The van der Waals surface area contributed by atoms with Gasteiger partial charge in [-0.3, -0.25) is 4.68 Å². The van der Waals surface area contributed by atoms with Crippen LogP contribution in [0.1, 0.15) is 0 Å². The van der Waals surface area contributed by atoms with Crippen LogP contribution in [0.5, 0.6) is 11.5 Å². The molecule has 7 heteroatoms. The summed E-state index contributed by atoms with van der Waals surface area (Å²) in [5.41, 5.74) is 8.18. The molecule has 7 nitrogen and oxygen atoms in total. The van der Waals surface area contributed by atoms with Crippen molar-refractivity contribution < 1.29 is 9.47 Å². The van der Waals surface area contributed by atoms with Crippen molar-refractivity contribution in [1.82, 2.24) is 19.3 Å². The quantitative estimate of drug-likeness (QED) is 0.769. The highest BCUT2D eigenvalue weighted by molar-refractivity contribution is 5.80. The monoisotopic (exact) mass is 287 g/mol. The lowest BCUT2D eigenvalue weighted by Crippen LogP contribution is -2.07. The highest BCUT2D eigenvalue weighted by Gasteiger charge is 2.10. The number of fused-ring (bicyclic) bond motifs is 1. The molecule has 0 aliphatic carbocycles. The van der Waals surface area contributed by atoms with Gasteiger partial charge in [0.25, 0.3) is 0 Å². The molecule has 21 heavy (non-hydrogen) atoms. The predicted octanol–water partition coefficient (Wildman–Crippen LogP) is 1.53. The van der Waals surface area contributed by atoms with Gasteiger partial charge in [-0.2, -0.15) is 5.10 Å². The number of nitrogens with two attached hydrogens (primary N) is 1. The van der Waals surface area contributed by atoms with Gasteiger partial charge in [0, 0.05) is 24.9 Å². The van der Waals surface area contributed by atoms with Gasteiger partial charge in [0.2, 0.25) is 0 Å². The lowest BCUT2D eigenvalue weighted by Gasteiger charge is -2.09. The zero-order valence-corrected chi connectivity index (χ0v) is 12.0. The van der Waals surface area contributed by atoms with Gasteiger partial charge >= 0.3 is 0 Å². The van der Waals surface area contributed by atoms with Gasteiger partial charge in [0.1, 0.15) is 0 Å². The summed E-state index contributed by atoms with van der Waals surface area (Å²) in [5, 5.41) is 4.17. The van der Waals surface area contributed by atoms with Crippen molar-refractivity contribution in [2.75, 3.05) is 20.0 Å². The Bertz CT molecular complexity index is 762. The second-order valence-electron chi connectivity index (χ2n) is 4.67. The molecule has 0 fully saturated rings. The normalized spacial score (nSPS) is 11.0. The van der Waals surface area contributed by atoms with E-state index in [0.29, 0.717) is 17.2 Å². The maximum absolute atomic E-state index is 5.66. The van der Waals surface area contributed by atoms with Crippen molar-refractivity contribution in [3.63, 3.8) is 0 Å². The van der Waals surface area contributed by atoms with Crippen molar-refractivity contribution in [3.8, 4) is 11.5 Å². The Balaban J connectivity index is 1.88. The van der Waals surface area contributed by atoms with E-state index >= 15 is 0 Å². The molecule has 0 aliphatic heterocycles. The number of benzene rings is 1. The number of aryl methyl sites for hydroxylation is 2. The second-order valence-corrected chi connectivity index (χ2v) is 4.67. The third kappa shape index (κ3) is 2.49. The first kappa shape index (κ1) is 13.3. The molecule has 0 radical (unpaired) electrons. The number of hydrogen-bond acceptors (Lipinski definition) is 5. The molecule has 0 saturated carbocycles. The maximum Gasteiger partial charge on any atom is 0.163 e. The van der Waals surface area contributed by atoms with Crippen LogP contribution in [0.2, 0.25) is 0 Å². The van der Waals surface area contributed by atoms with E-state index in [9.17, 15) is 0 Å². The second kappa shape index (κ2) is 5.35. The van der Waals surface area contributed by atoms with Crippen molar-refractivity contribution in [1.29, 1.82) is 0 Å². The molecule has 2 N–H and O–H groups in total. The fourth-order valence-corrected chi connectivity index (χ4v) is 2.28. The largest absolute Gasteiger partial charge is 0.493 e. The highest BCUT2D eigenvalue weighted by atomic mass is 16.5. The van der Waals surface area contributed by atoms with Crippen LogP contribution in [0, 0.1) is 0 Å². The maximum atomic E-state index is 5.66. The summed E-state index contributed by atoms with van der Waals surface area (Å²) < 4.78 is 14.5. The van der Waals surface area contributed by atoms with Crippen LogP contribution in [0.4, 0.5) is 5.69 Å². The minimum absolute atomic E-state index is 0.664. The number of nitrogens with zero attached hydrogens (tertiary/aromatic N) is 4. The Morgan fingerprint density at radius 2 is 1.90 bits per heavy atom. The molecule has 1 aromatic carbocycles. The van der Waals surface area contributed by atoms with Crippen molar-refractivity contribution >= 4 is 16.7 Å². The number of methoxy groups -OCH3 is 2. The van der Waals surface area contributed by atoms with Gasteiger partial charge < -0.3 is 19.8 Å². The van der Waals surface area contributed by atoms with Gasteiger partial charge in [-0.25, -0.2) is 4.98 Å². The minimum atomic E-state index is 0.664. The van der Waals surface area contributed by atoms with Crippen LogP contribution >= 0.6 is 0 Å². The summed E-state index contributed by atoms with van der Waals surface area (Å²) >= 11 is 0. The van der Waals surface area contributed by atoms with Crippen LogP contribution in [-0.2, 0) is 13.1 Å². The van der Waals surface area contributed by atoms with E-state index in [-0.39, 0.29) is 0 Å². The number of hydrogen-bond donors (Lipinski definition) is 1. The Hall–Kier alpha value is -2.70. The fourth-order valence-electron chi connectivity index (χ4n) is 2.28. The number of anilines is 1. The Labute approximate surface area is 121 Å². The molecule has 0 bridgehead atoms. The zero-order chi connectivity index (χ0) is 14.8. The van der Waals surface area contributed by atoms with Crippen LogP contribution in [0.25, 0.3) is 11.0 Å².